The number of pyridine rings is 2. The Morgan fingerprint density at radius 1 is 0.645 bits per heavy atom. The molecule has 2 aliphatic heterocycles. The highest BCUT2D eigenvalue weighted by Crippen LogP contribution is 2.30. The number of rotatable bonds is 8. The summed E-state index contributed by atoms with van der Waals surface area (Å²) in [6.07, 6.45) is 1.89. The number of aromatic hydroxyl groups is 2. The number of aliphatic hydroxyl groups excluding tert-OH is 1. The van der Waals surface area contributed by atoms with Gasteiger partial charge in [0.1, 0.15) is 41.9 Å². The van der Waals surface area contributed by atoms with Gasteiger partial charge < -0.3 is 51.3 Å². The van der Waals surface area contributed by atoms with E-state index >= 15 is 0 Å². The molecule has 0 spiro atoms. The fourth-order valence-electron chi connectivity index (χ4n) is 7.89. The van der Waals surface area contributed by atoms with Crippen molar-refractivity contribution in [1.29, 1.82) is 0 Å². The van der Waals surface area contributed by atoms with Crippen LogP contribution in [0.3, 0.4) is 0 Å². The van der Waals surface area contributed by atoms with Crippen molar-refractivity contribution in [1.82, 2.24) is 50.8 Å². The van der Waals surface area contributed by atoms with Crippen LogP contribution in [0.1, 0.15) is 21.0 Å². The molecule has 2 aliphatic rings. The van der Waals surface area contributed by atoms with Crippen LogP contribution in [0.25, 0.3) is 21.8 Å². The minimum Gasteiger partial charge on any atom is -0.505 e. The standard InChI is InChI=1S/C48H58N10O12S6/c1-55-31-23-75-76-24-32(46(68)58(4)34(22-72-6)48(70)74-19-29(41(63)49-17-37(55)61)53-43(65)39-35(59)15-25-11-7-9-13-27(25)51-39)56(2)38(62)18-50-42(64)30(20-73-47(69)33(21-71-5)57(3)45(31)67)54-44(66)40-36(60)16-26-12-8-10-14-28(26)52-40/h7-16,29-34,45,59-60,67H,17-24H2,1-6H3,(H,49,63)(H,50,64)(H,53,65)(H,54,66)/t29?,30?,31?,32-,33-,34-,45?/m0/s1. The molecule has 0 saturated carbocycles. The van der Waals surface area contributed by atoms with Crippen molar-refractivity contribution in [2.75, 3.05) is 88.3 Å². The highest BCUT2D eigenvalue weighted by Gasteiger charge is 2.40. The molecule has 0 radical (unpaired) electrons. The van der Waals surface area contributed by atoms with Crippen molar-refractivity contribution in [2.24, 2.45) is 0 Å². The molecule has 76 heavy (non-hydrogen) atoms. The van der Waals surface area contributed by atoms with Crippen LogP contribution in [-0.2, 0) is 33.6 Å². The van der Waals surface area contributed by atoms with Gasteiger partial charge in [-0.3, -0.25) is 48.1 Å². The maximum atomic E-state index is 14.7. The van der Waals surface area contributed by atoms with Crippen molar-refractivity contribution in [2.45, 2.75) is 42.5 Å². The number of thioether (sulfide) groups is 4. The lowest BCUT2D eigenvalue weighted by Crippen LogP contribution is -2.59. The summed E-state index contributed by atoms with van der Waals surface area (Å²) in [5.74, 6) is -7.55. The predicted molar refractivity (Wildman–Crippen MR) is 299 cm³/mol. The monoisotopic (exact) mass is 1160 g/mol. The first-order valence-electron chi connectivity index (χ1n) is 23.3. The van der Waals surface area contributed by atoms with Gasteiger partial charge in [-0.25, -0.2) is 9.97 Å². The third-order valence-corrected chi connectivity index (χ3v) is 18.4. The van der Waals surface area contributed by atoms with Crippen LogP contribution in [-0.4, -0.2) is 227 Å². The molecule has 28 heteroatoms. The number of aliphatic hydroxyl groups is 1. The lowest BCUT2D eigenvalue weighted by atomic mass is 10.1. The van der Waals surface area contributed by atoms with Gasteiger partial charge >= 0.3 is 0 Å². The normalized spacial score (nSPS) is 24.0. The number of hydrogen-bond donors (Lipinski definition) is 7. The molecule has 7 atom stereocenters. The first-order valence-corrected chi connectivity index (χ1v) is 30.6. The van der Waals surface area contributed by atoms with E-state index in [9.17, 15) is 58.5 Å². The number of carbonyl (C=O) groups excluding carboxylic acids is 9. The molecule has 2 fully saturated rings. The largest absolute Gasteiger partial charge is 0.505 e. The fraction of sp³-hybridized carbons (Fsp3) is 0.438. The molecule has 2 bridgehead atoms. The third kappa shape index (κ3) is 14.7. The van der Waals surface area contributed by atoms with Crippen molar-refractivity contribution >= 4 is 142 Å². The Kier molecular flexibility index (Phi) is 21.8. The molecule has 7 N–H and O–H groups in total. The zero-order chi connectivity index (χ0) is 55.4. The number of para-hydroxylation sites is 2. The third-order valence-electron chi connectivity index (χ3n) is 12.5. The maximum absolute atomic E-state index is 14.7. The summed E-state index contributed by atoms with van der Waals surface area (Å²) in [6.45, 7) is -1.34. The maximum Gasteiger partial charge on any atom is 0.274 e. The molecular weight excluding hydrogens is 1100 g/mol. The summed E-state index contributed by atoms with van der Waals surface area (Å²) in [4.78, 5) is 141. The number of nitrogens with one attached hydrogen (secondary N) is 4. The molecule has 22 nitrogen and oxygen atoms in total. The minimum absolute atomic E-state index is 0.0287. The quantitative estimate of drug-likeness (QED) is 0.121. The second-order valence-electron chi connectivity index (χ2n) is 17.5. The second-order valence-corrected chi connectivity index (χ2v) is 23.9. The Hall–Kier alpha value is -5.49. The van der Waals surface area contributed by atoms with E-state index in [0.717, 1.165) is 26.5 Å². The number of hydrogen-bond acceptors (Lipinski definition) is 21. The van der Waals surface area contributed by atoms with Crippen molar-refractivity contribution < 1.29 is 58.5 Å². The number of fused-ring (bicyclic) bond motifs is 7. The van der Waals surface area contributed by atoms with Crippen LogP contribution < -0.4 is 21.3 Å². The highest BCUT2D eigenvalue weighted by atomic mass is 33.1. The number of benzene rings is 2. The topological polar surface area (TPSA) is 301 Å². The predicted octanol–water partition coefficient (Wildman–Crippen LogP) is 1.08. The molecule has 4 heterocycles. The van der Waals surface area contributed by atoms with Gasteiger partial charge in [-0.15, -0.1) is 0 Å². The van der Waals surface area contributed by atoms with E-state index in [4.69, 9.17) is 0 Å². The van der Waals surface area contributed by atoms with Crippen molar-refractivity contribution in [3.8, 4) is 11.5 Å². The number of amides is 7. The van der Waals surface area contributed by atoms with Crippen molar-refractivity contribution in [3.63, 3.8) is 0 Å². The number of nitrogens with zero attached hydrogens (tertiary/aromatic N) is 6. The summed E-state index contributed by atoms with van der Waals surface area (Å²) in [6, 6.07) is 8.50. The summed E-state index contributed by atoms with van der Waals surface area (Å²) < 4.78 is 0. The van der Waals surface area contributed by atoms with Gasteiger partial charge in [0.2, 0.25) is 39.8 Å². The van der Waals surface area contributed by atoms with E-state index in [1.807, 2.05) is 0 Å². The van der Waals surface area contributed by atoms with Gasteiger partial charge in [-0.2, -0.15) is 23.5 Å². The first kappa shape index (κ1) is 59.7. The summed E-state index contributed by atoms with van der Waals surface area (Å²) >= 11 is 3.81. The van der Waals surface area contributed by atoms with Crippen LogP contribution >= 0.6 is 68.6 Å². The van der Waals surface area contributed by atoms with Gasteiger partial charge in [0.15, 0.2) is 11.4 Å². The molecule has 2 aromatic heterocycles. The van der Waals surface area contributed by atoms with E-state index in [1.165, 1.54) is 78.5 Å². The van der Waals surface area contributed by atoms with Crippen LogP contribution in [0.5, 0.6) is 11.5 Å². The first-order chi connectivity index (χ1) is 36.2. The zero-order valence-electron chi connectivity index (χ0n) is 42.1. The van der Waals surface area contributed by atoms with Crippen LogP contribution in [0.2, 0.25) is 0 Å². The Labute approximate surface area is 462 Å². The average molecular weight is 1160 g/mol. The molecule has 2 aromatic carbocycles. The highest BCUT2D eigenvalue weighted by molar-refractivity contribution is 8.76. The van der Waals surface area contributed by atoms with Gasteiger partial charge in [0.25, 0.3) is 11.8 Å². The Balaban J connectivity index is 1.36. The number of aromatic nitrogens is 2. The van der Waals surface area contributed by atoms with Crippen LogP contribution in [0, 0.1) is 0 Å². The summed E-state index contributed by atoms with van der Waals surface area (Å²) in [7, 11) is 7.89. The molecule has 4 unspecified atom stereocenters. The van der Waals surface area contributed by atoms with E-state index in [-0.39, 0.29) is 23.0 Å². The van der Waals surface area contributed by atoms with E-state index < -0.39 is 142 Å². The molecule has 4 aromatic rings. The molecule has 0 aliphatic carbocycles. The fourth-order valence-corrected chi connectivity index (χ4v) is 14.1. The van der Waals surface area contributed by atoms with Crippen LogP contribution in [0.15, 0.2) is 60.7 Å². The zero-order valence-corrected chi connectivity index (χ0v) is 47.0. The van der Waals surface area contributed by atoms with Gasteiger partial charge in [-0.1, -0.05) is 81.5 Å². The van der Waals surface area contributed by atoms with Crippen molar-refractivity contribution in [3.05, 3.63) is 72.1 Å². The minimum atomic E-state index is -1.57. The number of likely N-dealkylation sites (N-methyl/N-ethyl adjacent to an activating group) is 4. The average Bonchev–Trinajstić information content (AvgIpc) is 3.41. The van der Waals surface area contributed by atoms with Gasteiger partial charge in [0, 0.05) is 66.4 Å². The van der Waals surface area contributed by atoms with Crippen LogP contribution in [0.4, 0.5) is 0 Å². The van der Waals surface area contributed by atoms with Gasteiger partial charge in [0.05, 0.1) is 36.2 Å². The molecule has 2 saturated heterocycles. The second kappa shape index (κ2) is 27.7. The smallest absolute Gasteiger partial charge is 0.274 e. The van der Waals surface area contributed by atoms with Gasteiger partial charge in [-0.05, 0) is 43.8 Å². The molecular formula is C48H58N10O12S6. The van der Waals surface area contributed by atoms with E-state index in [1.54, 1.807) is 61.0 Å². The lowest BCUT2D eigenvalue weighted by Gasteiger charge is -2.39. The Morgan fingerprint density at radius 2 is 1.09 bits per heavy atom. The molecule has 6 rings (SSSR count). The lowest BCUT2D eigenvalue weighted by molar-refractivity contribution is -0.144. The Morgan fingerprint density at radius 3 is 1.59 bits per heavy atom. The molecule has 408 valence electrons. The summed E-state index contributed by atoms with van der Waals surface area (Å²) in [5.41, 5.74) is -0.0658. The Bertz CT molecular complexity index is 2850. The molecule has 7 amide bonds. The summed E-state index contributed by atoms with van der Waals surface area (Å²) in [5, 5.41) is 44.0. The van der Waals surface area contributed by atoms with E-state index in [0.29, 0.717) is 45.3 Å². The SMILES string of the molecule is CSC[C@H]1C(=O)SCC(NC(=O)c2nc3ccccc3cc2O)C(=O)NCC(=O)N(C)C2CSSC[C@@H](C(=O)N1C)N(C)C(=O)CNC(=O)C(NC(=O)c1nc3ccccc3cc1O)CSC(=O)[C@H](CSC)N(C)C2O. The number of carbonyl (C=O) groups is 9. The van der Waals surface area contributed by atoms with E-state index in [2.05, 4.69) is 31.2 Å².